The smallest absolute Gasteiger partial charge is 0.318 e. The molecule has 10 nitrogen and oxygen atoms in total. The number of carbonyl (C=O) groups is 1. The highest BCUT2D eigenvalue weighted by Crippen LogP contribution is 2.36. The van der Waals surface area contributed by atoms with Gasteiger partial charge in [-0.2, -0.15) is 15.2 Å². The topological polar surface area (TPSA) is 109 Å². The van der Waals surface area contributed by atoms with Crippen molar-refractivity contribution in [3.05, 3.63) is 65.4 Å². The second-order valence-corrected chi connectivity index (χ2v) is 12.2. The summed E-state index contributed by atoms with van der Waals surface area (Å²) in [5, 5.41) is 21.2. The molecule has 0 bridgehead atoms. The first-order valence-corrected chi connectivity index (χ1v) is 15.7. The van der Waals surface area contributed by atoms with Crippen LogP contribution in [-0.4, -0.2) is 102 Å². The van der Waals surface area contributed by atoms with Gasteiger partial charge in [0.1, 0.15) is 18.6 Å². The number of halogens is 1. The molecule has 0 radical (unpaired) electrons. The number of likely N-dealkylation sites (tertiary alicyclic amines) is 1. The SMILES string of the molecule is Cc1cccc2cccc(N3CCc4c(nc(OC[C@@H]5C[C@@H](F)CN5C)nc4N4CCN(C(=O)/C=C/CO)[C@@H](CC#N)C4)C3)c12. The summed E-state index contributed by atoms with van der Waals surface area (Å²) in [6.45, 7) is 5.36. The monoisotopic (exact) mass is 613 g/mol. The molecule has 45 heavy (non-hydrogen) atoms. The zero-order valence-electron chi connectivity index (χ0n) is 25.9. The highest BCUT2D eigenvalue weighted by Gasteiger charge is 2.34. The Morgan fingerprint density at radius 3 is 2.71 bits per heavy atom. The lowest BCUT2D eigenvalue weighted by atomic mass is 9.99. The summed E-state index contributed by atoms with van der Waals surface area (Å²) < 4.78 is 20.3. The van der Waals surface area contributed by atoms with Gasteiger partial charge in [-0.3, -0.25) is 9.69 Å². The van der Waals surface area contributed by atoms with E-state index in [-0.39, 0.29) is 43.6 Å². The van der Waals surface area contributed by atoms with Gasteiger partial charge >= 0.3 is 6.01 Å². The molecule has 2 aromatic carbocycles. The van der Waals surface area contributed by atoms with Crippen molar-refractivity contribution in [2.24, 2.45) is 0 Å². The maximum absolute atomic E-state index is 14.1. The van der Waals surface area contributed by atoms with Gasteiger partial charge in [-0.25, -0.2) is 4.39 Å². The van der Waals surface area contributed by atoms with Gasteiger partial charge in [-0.05, 0) is 43.8 Å². The number of aromatic nitrogens is 2. The molecule has 0 saturated carbocycles. The number of carbonyl (C=O) groups excluding carboxylic acids is 1. The van der Waals surface area contributed by atoms with Crippen LogP contribution in [0.25, 0.3) is 10.8 Å². The first kappa shape index (κ1) is 30.7. The summed E-state index contributed by atoms with van der Waals surface area (Å²) >= 11 is 0. The third-order valence-corrected chi connectivity index (χ3v) is 9.25. The lowest BCUT2D eigenvalue weighted by Crippen LogP contribution is -2.55. The fourth-order valence-electron chi connectivity index (χ4n) is 6.93. The number of aryl methyl sites for hydroxylation is 1. The standard InChI is InChI=1S/C34H40FN7O3/c1-23-6-3-7-24-8-4-9-30(32(23)24)40-14-12-28-29(21-40)37-34(45-22-27-18-25(35)19-39(27)2)38-33(28)41-15-16-42(26(20-41)11-13-36)31(44)10-5-17-43/h3-10,25-27,43H,11-12,14-22H2,1-2H3/b10-5+/t25-,26+,27+/m1/s1. The van der Waals surface area contributed by atoms with Crippen molar-refractivity contribution in [3.8, 4) is 12.1 Å². The van der Waals surface area contributed by atoms with E-state index in [4.69, 9.17) is 19.8 Å². The Hall–Kier alpha value is -4.27. The fourth-order valence-corrected chi connectivity index (χ4v) is 6.93. The predicted octanol–water partition coefficient (Wildman–Crippen LogP) is 3.40. The van der Waals surface area contributed by atoms with Crippen molar-refractivity contribution in [1.82, 2.24) is 19.8 Å². The predicted molar refractivity (Wildman–Crippen MR) is 171 cm³/mol. The Morgan fingerprint density at radius 2 is 1.96 bits per heavy atom. The third-order valence-electron chi connectivity index (χ3n) is 9.25. The van der Waals surface area contributed by atoms with Gasteiger partial charge in [-0.15, -0.1) is 0 Å². The summed E-state index contributed by atoms with van der Waals surface area (Å²) in [7, 11) is 1.91. The van der Waals surface area contributed by atoms with E-state index in [9.17, 15) is 14.4 Å². The molecule has 1 N–H and O–H groups in total. The molecule has 0 aliphatic carbocycles. The number of hydrogen-bond donors (Lipinski definition) is 1. The Bertz CT molecular complexity index is 1620. The molecule has 2 fully saturated rings. The summed E-state index contributed by atoms with van der Waals surface area (Å²) in [4.78, 5) is 30.9. The molecule has 3 aliphatic rings. The van der Waals surface area contributed by atoms with Gasteiger partial charge < -0.3 is 24.5 Å². The molecule has 2 saturated heterocycles. The molecule has 0 spiro atoms. The molecule has 1 aromatic heterocycles. The number of nitriles is 1. The van der Waals surface area contributed by atoms with Crippen LogP contribution < -0.4 is 14.5 Å². The van der Waals surface area contributed by atoms with E-state index in [2.05, 4.69) is 59.2 Å². The lowest BCUT2D eigenvalue weighted by Gasteiger charge is -2.42. The molecule has 3 atom stereocenters. The van der Waals surface area contributed by atoms with E-state index >= 15 is 0 Å². The van der Waals surface area contributed by atoms with E-state index < -0.39 is 6.17 Å². The molecular weight excluding hydrogens is 573 g/mol. The zero-order valence-corrected chi connectivity index (χ0v) is 25.9. The van der Waals surface area contributed by atoms with E-state index in [0.29, 0.717) is 39.1 Å². The van der Waals surface area contributed by atoms with E-state index in [0.717, 1.165) is 35.7 Å². The highest BCUT2D eigenvalue weighted by molar-refractivity contribution is 5.97. The van der Waals surface area contributed by atoms with E-state index in [1.165, 1.54) is 28.5 Å². The van der Waals surface area contributed by atoms with Crippen LogP contribution in [0.3, 0.4) is 0 Å². The van der Waals surface area contributed by atoms with Crippen molar-refractivity contribution in [2.45, 2.75) is 51.0 Å². The minimum absolute atomic E-state index is 0.0558. The summed E-state index contributed by atoms with van der Waals surface area (Å²) in [6, 6.07) is 14.9. The van der Waals surface area contributed by atoms with Crippen molar-refractivity contribution in [3.63, 3.8) is 0 Å². The van der Waals surface area contributed by atoms with Gasteiger partial charge in [0.2, 0.25) is 5.91 Å². The van der Waals surface area contributed by atoms with Crippen LogP contribution in [0, 0.1) is 18.3 Å². The van der Waals surface area contributed by atoms with Crippen LogP contribution in [0.1, 0.15) is 29.7 Å². The van der Waals surface area contributed by atoms with Crippen molar-refractivity contribution >= 4 is 28.2 Å². The molecule has 6 rings (SSSR count). The molecule has 3 aromatic rings. The van der Waals surface area contributed by atoms with E-state index in [1.54, 1.807) is 4.90 Å². The highest BCUT2D eigenvalue weighted by atomic mass is 19.1. The molecule has 236 valence electrons. The van der Waals surface area contributed by atoms with Crippen molar-refractivity contribution in [1.29, 1.82) is 5.26 Å². The Balaban J connectivity index is 1.32. The minimum atomic E-state index is -0.871. The second-order valence-electron chi connectivity index (χ2n) is 12.2. The number of anilines is 2. The number of nitrogens with zero attached hydrogens (tertiary/aromatic N) is 7. The number of likely N-dealkylation sites (N-methyl/N-ethyl adjacent to an activating group) is 1. The normalized spacial score (nSPS) is 22.2. The zero-order chi connectivity index (χ0) is 31.5. The molecule has 11 heteroatoms. The van der Waals surface area contributed by atoms with Crippen LogP contribution >= 0.6 is 0 Å². The average Bonchev–Trinajstić information content (AvgIpc) is 3.38. The van der Waals surface area contributed by atoms with Gasteiger partial charge in [-0.1, -0.05) is 36.4 Å². The molecule has 3 aliphatic heterocycles. The molecule has 1 amide bonds. The number of aliphatic hydroxyl groups excluding tert-OH is 1. The molecular formula is C34H40FN7O3. The largest absolute Gasteiger partial charge is 0.462 e. The number of rotatable bonds is 8. The molecule has 0 unspecified atom stereocenters. The van der Waals surface area contributed by atoms with Crippen molar-refractivity contribution in [2.75, 3.05) is 62.8 Å². The maximum atomic E-state index is 14.1. The van der Waals surface area contributed by atoms with E-state index in [1.807, 2.05) is 11.9 Å². The molecule has 4 heterocycles. The average molecular weight is 614 g/mol. The number of ether oxygens (including phenoxy) is 1. The first-order chi connectivity index (χ1) is 21.9. The maximum Gasteiger partial charge on any atom is 0.318 e. The van der Waals surface area contributed by atoms with Crippen LogP contribution in [0.2, 0.25) is 0 Å². The summed E-state index contributed by atoms with van der Waals surface area (Å²) in [6.07, 6.45) is 3.23. The summed E-state index contributed by atoms with van der Waals surface area (Å²) in [5.41, 5.74) is 4.32. The second kappa shape index (κ2) is 13.4. The quantitative estimate of drug-likeness (QED) is 0.383. The lowest BCUT2D eigenvalue weighted by molar-refractivity contribution is -0.128. The number of piperazine rings is 1. The number of aliphatic hydroxyl groups is 1. The Morgan fingerprint density at radius 1 is 1.13 bits per heavy atom. The summed E-state index contributed by atoms with van der Waals surface area (Å²) in [5.74, 6) is 0.554. The minimum Gasteiger partial charge on any atom is -0.462 e. The first-order valence-electron chi connectivity index (χ1n) is 15.7. The van der Waals surface area contributed by atoms with Crippen LogP contribution in [0.15, 0.2) is 48.6 Å². The van der Waals surface area contributed by atoms with Crippen LogP contribution in [-0.2, 0) is 17.8 Å². The Labute approximate surface area is 263 Å². The van der Waals surface area contributed by atoms with Crippen molar-refractivity contribution < 1.29 is 19.0 Å². The number of alkyl halides is 1. The number of hydrogen-bond acceptors (Lipinski definition) is 9. The number of fused-ring (bicyclic) bond motifs is 2. The van der Waals surface area contributed by atoms with Crippen LogP contribution in [0.4, 0.5) is 15.9 Å². The number of benzene rings is 2. The van der Waals surface area contributed by atoms with Gasteiger partial charge in [0, 0.05) is 61.5 Å². The number of amides is 1. The Kier molecular flexibility index (Phi) is 9.14. The fraction of sp³-hybridized carbons (Fsp3) is 0.471. The van der Waals surface area contributed by atoms with Gasteiger partial charge in [0.25, 0.3) is 0 Å². The van der Waals surface area contributed by atoms with Crippen LogP contribution in [0.5, 0.6) is 6.01 Å². The van der Waals surface area contributed by atoms with Gasteiger partial charge in [0.05, 0.1) is 37.4 Å². The van der Waals surface area contributed by atoms with Gasteiger partial charge in [0.15, 0.2) is 0 Å². The third kappa shape index (κ3) is 6.44.